The summed E-state index contributed by atoms with van der Waals surface area (Å²) in [5.74, 6) is -0.0178. The third kappa shape index (κ3) is 3.30. The Kier molecular flexibility index (Phi) is 4.50. The number of aromatic nitrogens is 1. The minimum Gasteiger partial charge on any atom is -0.350 e. The number of nitrogens with one attached hydrogen (secondary N) is 2. The van der Waals surface area contributed by atoms with Crippen molar-refractivity contribution in [1.29, 1.82) is 0 Å². The molecular weight excluding hydrogens is 330 g/mol. The molecule has 118 valence electrons. The number of hydrogen-bond donors (Lipinski definition) is 2. The van der Waals surface area contributed by atoms with Gasteiger partial charge in [0.25, 0.3) is 5.91 Å². The summed E-state index contributed by atoms with van der Waals surface area (Å²) in [6.07, 6.45) is 1.59. The molecule has 3 aromatic rings. The highest BCUT2D eigenvalue weighted by molar-refractivity contribution is 7.17. The molecule has 0 aliphatic rings. The van der Waals surface area contributed by atoms with Crippen LogP contribution in [0.4, 0.5) is 0 Å². The Morgan fingerprint density at radius 2 is 2.09 bits per heavy atom. The van der Waals surface area contributed by atoms with Crippen LogP contribution in [0.2, 0.25) is 4.34 Å². The van der Waals surface area contributed by atoms with Crippen LogP contribution in [-0.2, 0) is 0 Å². The number of fused-ring (bicyclic) bond motifs is 1. The third-order valence-corrected chi connectivity index (χ3v) is 4.67. The molecule has 6 heteroatoms. The van der Waals surface area contributed by atoms with Gasteiger partial charge in [0.2, 0.25) is 0 Å². The molecule has 0 spiro atoms. The molecule has 4 nitrogen and oxygen atoms in total. The molecule has 0 fully saturated rings. The monoisotopic (exact) mass is 345 g/mol. The second-order valence-corrected chi connectivity index (χ2v) is 7.20. The molecule has 0 saturated heterocycles. The fourth-order valence-corrected chi connectivity index (χ4v) is 3.48. The SMILES string of the molecule is CC(C)c1c(C(=O)N/N=C/c2ccc(Cl)s2)[nH]c2ccccc12. The van der Waals surface area contributed by atoms with Crippen LogP contribution < -0.4 is 5.43 Å². The Morgan fingerprint density at radius 1 is 1.30 bits per heavy atom. The van der Waals surface area contributed by atoms with Crippen molar-refractivity contribution in [2.24, 2.45) is 5.10 Å². The standard InChI is InChI=1S/C17H16ClN3OS/c1-10(2)15-12-5-3-4-6-13(12)20-16(15)17(22)21-19-9-11-7-8-14(18)23-11/h3-10,20H,1-2H3,(H,21,22)/b19-9+. The van der Waals surface area contributed by atoms with Crippen molar-refractivity contribution in [3.8, 4) is 0 Å². The van der Waals surface area contributed by atoms with Gasteiger partial charge in [0, 0.05) is 15.8 Å². The summed E-state index contributed by atoms with van der Waals surface area (Å²) < 4.78 is 0.690. The van der Waals surface area contributed by atoms with Gasteiger partial charge in [-0.2, -0.15) is 5.10 Å². The van der Waals surface area contributed by atoms with Crippen molar-refractivity contribution in [2.45, 2.75) is 19.8 Å². The van der Waals surface area contributed by atoms with E-state index in [1.54, 1.807) is 12.3 Å². The molecule has 0 bridgehead atoms. The van der Waals surface area contributed by atoms with E-state index in [1.807, 2.05) is 30.3 Å². The Hall–Kier alpha value is -2.11. The highest BCUT2D eigenvalue weighted by Gasteiger charge is 2.19. The van der Waals surface area contributed by atoms with Crippen LogP contribution in [0.25, 0.3) is 10.9 Å². The van der Waals surface area contributed by atoms with Crippen molar-refractivity contribution in [3.05, 3.63) is 56.9 Å². The van der Waals surface area contributed by atoms with Gasteiger partial charge >= 0.3 is 0 Å². The van der Waals surface area contributed by atoms with E-state index in [9.17, 15) is 4.79 Å². The van der Waals surface area contributed by atoms with Gasteiger partial charge in [-0.05, 0) is 29.7 Å². The summed E-state index contributed by atoms with van der Waals surface area (Å²) in [6.45, 7) is 4.15. The molecule has 1 aromatic carbocycles. The quantitative estimate of drug-likeness (QED) is 0.519. The first-order valence-corrected chi connectivity index (χ1v) is 8.45. The van der Waals surface area contributed by atoms with Gasteiger partial charge in [-0.25, -0.2) is 5.43 Å². The van der Waals surface area contributed by atoms with Crippen LogP contribution in [0.5, 0.6) is 0 Å². The average molecular weight is 346 g/mol. The molecule has 23 heavy (non-hydrogen) atoms. The zero-order chi connectivity index (χ0) is 16.4. The van der Waals surface area contributed by atoms with E-state index in [4.69, 9.17) is 11.6 Å². The number of para-hydroxylation sites is 1. The lowest BCUT2D eigenvalue weighted by Gasteiger charge is -2.06. The second kappa shape index (κ2) is 6.56. The molecule has 2 heterocycles. The normalized spacial score (nSPS) is 11.7. The number of carbonyl (C=O) groups is 1. The summed E-state index contributed by atoms with van der Waals surface area (Å²) in [7, 11) is 0. The minimum absolute atomic E-state index is 0.229. The van der Waals surface area contributed by atoms with E-state index < -0.39 is 0 Å². The van der Waals surface area contributed by atoms with Gasteiger partial charge < -0.3 is 4.98 Å². The number of aromatic amines is 1. The van der Waals surface area contributed by atoms with Crippen LogP contribution in [0, 0.1) is 0 Å². The number of carbonyl (C=O) groups excluding carboxylic acids is 1. The predicted molar refractivity (Wildman–Crippen MR) is 96.8 cm³/mol. The number of hydrazone groups is 1. The van der Waals surface area contributed by atoms with Gasteiger partial charge in [-0.15, -0.1) is 11.3 Å². The Labute approximate surface area is 143 Å². The molecule has 0 aliphatic carbocycles. The predicted octanol–water partition coefficient (Wildman–Crippen LogP) is 4.77. The lowest BCUT2D eigenvalue weighted by molar-refractivity contribution is 0.0949. The number of amides is 1. The summed E-state index contributed by atoms with van der Waals surface area (Å²) in [6, 6.07) is 11.6. The van der Waals surface area contributed by atoms with E-state index in [1.165, 1.54) is 11.3 Å². The fourth-order valence-electron chi connectivity index (χ4n) is 2.55. The third-order valence-electron chi connectivity index (χ3n) is 3.50. The smallest absolute Gasteiger partial charge is 0.288 e. The maximum Gasteiger partial charge on any atom is 0.288 e. The average Bonchev–Trinajstić information content (AvgIpc) is 3.10. The number of hydrogen-bond acceptors (Lipinski definition) is 3. The highest BCUT2D eigenvalue weighted by Crippen LogP contribution is 2.29. The van der Waals surface area contributed by atoms with Gasteiger partial charge in [0.05, 0.1) is 10.6 Å². The van der Waals surface area contributed by atoms with E-state index in [0.717, 1.165) is 21.3 Å². The molecule has 0 atom stereocenters. The first-order chi connectivity index (χ1) is 11.1. The second-order valence-electron chi connectivity index (χ2n) is 5.45. The van der Waals surface area contributed by atoms with Gasteiger partial charge in [0.1, 0.15) is 5.69 Å². The summed E-state index contributed by atoms with van der Waals surface area (Å²) >= 11 is 7.27. The molecule has 0 aliphatic heterocycles. The van der Waals surface area contributed by atoms with Crippen molar-refractivity contribution >= 4 is 46.0 Å². The number of thiophene rings is 1. The van der Waals surface area contributed by atoms with Gasteiger partial charge in [0.15, 0.2) is 0 Å². The van der Waals surface area contributed by atoms with Crippen LogP contribution in [0.15, 0.2) is 41.5 Å². The lowest BCUT2D eigenvalue weighted by atomic mass is 9.99. The number of benzene rings is 1. The molecular formula is C17H16ClN3OS. The summed E-state index contributed by atoms with van der Waals surface area (Å²) in [5, 5.41) is 5.08. The minimum atomic E-state index is -0.246. The number of H-pyrrole nitrogens is 1. The van der Waals surface area contributed by atoms with E-state index in [2.05, 4.69) is 29.4 Å². The van der Waals surface area contributed by atoms with Crippen molar-refractivity contribution in [3.63, 3.8) is 0 Å². The van der Waals surface area contributed by atoms with Crippen LogP contribution >= 0.6 is 22.9 Å². The maximum atomic E-state index is 12.5. The molecule has 0 saturated carbocycles. The molecule has 1 amide bonds. The number of rotatable bonds is 4. The van der Waals surface area contributed by atoms with Crippen LogP contribution in [0.1, 0.15) is 40.7 Å². The molecule has 2 aromatic heterocycles. The van der Waals surface area contributed by atoms with Crippen molar-refractivity contribution in [2.75, 3.05) is 0 Å². The van der Waals surface area contributed by atoms with E-state index >= 15 is 0 Å². The molecule has 0 radical (unpaired) electrons. The molecule has 2 N–H and O–H groups in total. The Bertz CT molecular complexity index is 879. The zero-order valence-corrected chi connectivity index (χ0v) is 14.3. The number of nitrogens with zero attached hydrogens (tertiary/aromatic N) is 1. The highest BCUT2D eigenvalue weighted by atomic mass is 35.5. The fraction of sp³-hybridized carbons (Fsp3) is 0.176. The van der Waals surface area contributed by atoms with E-state index in [-0.39, 0.29) is 11.8 Å². The summed E-state index contributed by atoms with van der Waals surface area (Å²) in [5.41, 5.74) is 5.09. The Morgan fingerprint density at radius 3 is 2.78 bits per heavy atom. The first-order valence-electron chi connectivity index (χ1n) is 7.25. The maximum absolute atomic E-state index is 12.5. The van der Waals surface area contributed by atoms with Crippen molar-refractivity contribution < 1.29 is 4.79 Å². The van der Waals surface area contributed by atoms with Crippen LogP contribution in [0.3, 0.4) is 0 Å². The molecule has 3 rings (SSSR count). The van der Waals surface area contributed by atoms with Crippen molar-refractivity contribution in [1.82, 2.24) is 10.4 Å². The zero-order valence-electron chi connectivity index (χ0n) is 12.8. The first kappa shape index (κ1) is 15.8. The molecule has 0 unspecified atom stereocenters. The van der Waals surface area contributed by atoms with Gasteiger partial charge in [-0.1, -0.05) is 43.6 Å². The van der Waals surface area contributed by atoms with Crippen LogP contribution in [-0.4, -0.2) is 17.1 Å². The Balaban J connectivity index is 1.86. The number of halogens is 1. The lowest BCUT2D eigenvalue weighted by Crippen LogP contribution is -2.19. The summed E-state index contributed by atoms with van der Waals surface area (Å²) in [4.78, 5) is 16.5. The van der Waals surface area contributed by atoms with Gasteiger partial charge in [-0.3, -0.25) is 4.79 Å². The topological polar surface area (TPSA) is 57.2 Å². The van der Waals surface area contributed by atoms with E-state index in [0.29, 0.717) is 10.0 Å². The largest absolute Gasteiger partial charge is 0.350 e.